The summed E-state index contributed by atoms with van der Waals surface area (Å²) < 4.78 is 5.73. The normalized spacial score (nSPS) is 21.5. The molecule has 122 valence electrons. The number of nitrogen functional groups attached to an aromatic ring is 1. The number of hydrogen-bond acceptors (Lipinski definition) is 3. The molecule has 22 heavy (non-hydrogen) atoms. The first-order chi connectivity index (χ1) is 10.2. The third-order valence-electron chi connectivity index (χ3n) is 4.58. The molecule has 1 saturated heterocycles. The smallest absolute Gasteiger partial charge is 0.254 e. The molecule has 4 nitrogen and oxygen atoms in total. The van der Waals surface area contributed by atoms with E-state index in [1.807, 2.05) is 23.1 Å². The number of carbonyl (C=O) groups excluding carboxylic acids is 1. The van der Waals surface area contributed by atoms with Gasteiger partial charge in [-0.1, -0.05) is 18.9 Å². The summed E-state index contributed by atoms with van der Waals surface area (Å²) in [6.45, 7) is 1.55. The van der Waals surface area contributed by atoms with Gasteiger partial charge in [0.1, 0.15) is 0 Å². The minimum Gasteiger partial charge on any atom is -0.399 e. The molecule has 0 bridgehead atoms. The summed E-state index contributed by atoms with van der Waals surface area (Å²) in [7, 11) is 0. The zero-order chi connectivity index (χ0) is 14.7. The molecule has 5 heteroatoms. The lowest BCUT2D eigenvalue weighted by Crippen LogP contribution is -2.43. The van der Waals surface area contributed by atoms with E-state index in [1.165, 1.54) is 12.8 Å². The van der Waals surface area contributed by atoms with E-state index < -0.39 is 0 Å². The Hall–Kier alpha value is -1.26. The second-order valence-electron chi connectivity index (χ2n) is 6.16. The highest BCUT2D eigenvalue weighted by Gasteiger charge is 2.30. The number of benzene rings is 1. The van der Waals surface area contributed by atoms with Gasteiger partial charge in [-0.3, -0.25) is 4.79 Å². The summed E-state index contributed by atoms with van der Waals surface area (Å²) in [6, 6.07) is 7.66. The number of nitrogens with zero attached hydrogens (tertiary/aromatic N) is 1. The fraction of sp³-hybridized carbons (Fsp3) is 0.588. The topological polar surface area (TPSA) is 55.6 Å². The number of carbonyl (C=O) groups is 1. The highest BCUT2D eigenvalue weighted by molar-refractivity contribution is 5.95. The summed E-state index contributed by atoms with van der Waals surface area (Å²) in [6.07, 6.45) is 7.04. The standard InChI is InChI=1S/C17H24N2O2.ClH/c18-14-6-3-5-13(11-14)17(20)19(15-7-1-2-8-15)12-16-9-4-10-21-16;/h3,5-6,11,15-16H,1-2,4,7-10,12,18H2;1H. The number of nitrogens with two attached hydrogens (primary N) is 1. The van der Waals surface area contributed by atoms with Crippen LogP contribution in [0.3, 0.4) is 0 Å². The number of rotatable bonds is 4. The Balaban J connectivity index is 0.00000176. The van der Waals surface area contributed by atoms with Crippen molar-refractivity contribution in [3.8, 4) is 0 Å². The van der Waals surface area contributed by atoms with Crippen LogP contribution < -0.4 is 5.73 Å². The molecule has 1 aromatic carbocycles. The van der Waals surface area contributed by atoms with Gasteiger partial charge in [0.15, 0.2) is 0 Å². The van der Waals surface area contributed by atoms with Gasteiger partial charge in [0.2, 0.25) is 0 Å². The highest BCUT2D eigenvalue weighted by Crippen LogP contribution is 2.27. The summed E-state index contributed by atoms with van der Waals surface area (Å²) in [5.41, 5.74) is 7.16. The van der Waals surface area contributed by atoms with Gasteiger partial charge in [-0.25, -0.2) is 0 Å². The Kier molecular flexibility index (Phi) is 6.09. The van der Waals surface area contributed by atoms with Crippen LogP contribution in [0.1, 0.15) is 48.9 Å². The Labute approximate surface area is 138 Å². The fourth-order valence-corrected chi connectivity index (χ4v) is 3.46. The average molecular weight is 325 g/mol. The molecule has 1 unspecified atom stereocenters. The summed E-state index contributed by atoms with van der Waals surface area (Å²) in [5, 5.41) is 0. The number of anilines is 1. The van der Waals surface area contributed by atoms with E-state index in [2.05, 4.69) is 0 Å². The van der Waals surface area contributed by atoms with Crippen molar-refractivity contribution in [2.45, 2.75) is 50.7 Å². The number of hydrogen-bond donors (Lipinski definition) is 1. The maximum Gasteiger partial charge on any atom is 0.254 e. The van der Waals surface area contributed by atoms with E-state index in [9.17, 15) is 4.79 Å². The Morgan fingerprint density at radius 2 is 2.00 bits per heavy atom. The molecule has 2 aliphatic rings. The van der Waals surface area contributed by atoms with Gasteiger partial charge >= 0.3 is 0 Å². The van der Waals surface area contributed by atoms with Gasteiger partial charge in [0, 0.05) is 30.4 Å². The Morgan fingerprint density at radius 3 is 2.64 bits per heavy atom. The molecule has 0 radical (unpaired) electrons. The second-order valence-corrected chi connectivity index (χ2v) is 6.16. The van der Waals surface area contributed by atoms with Gasteiger partial charge in [-0.2, -0.15) is 0 Å². The van der Waals surface area contributed by atoms with Crippen molar-refractivity contribution in [2.75, 3.05) is 18.9 Å². The first-order valence-corrected chi connectivity index (χ1v) is 8.02. The van der Waals surface area contributed by atoms with Crippen LogP contribution >= 0.6 is 12.4 Å². The van der Waals surface area contributed by atoms with Gasteiger partial charge in [-0.15, -0.1) is 12.4 Å². The van der Waals surface area contributed by atoms with Gasteiger partial charge in [0.25, 0.3) is 5.91 Å². The zero-order valence-electron chi connectivity index (χ0n) is 12.9. The Bertz CT molecular complexity index is 497. The lowest BCUT2D eigenvalue weighted by Gasteiger charge is -2.31. The predicted molar refractivity (Wildman–Crippen MR) is 90.4 cm³/mol. The summed E-state index contributed by atoms with van der Waals surface area (Å²) in [4.78, 5) is 14.9. The van der Waals surface area contributed by atoms with Crippen LogP contribution in [0.4, 0.5) is 5.69 Å². The van der Waals surface area contributed by atoms with Gasteiger partial charge in [0.05, 0.1) is 6.10 Å². The predicted octanol–water partition coefficient (Wildman–Crippen LogP) is 3.25. The molecule has 1 aliphatic heterocycles. The lowest BCUT2D eigenvalue weighted by molar-refractivity contribution is 0.0421. The number of halogens is 1. The van der Waals surface area contributed by atoms with Crippen LogP contribution in [0.15, 0.2) is 24.3 Å². The Morgan fingerprint density at radius 1 is 1.23 bits per heavy atom. The molecule has 1 saturated carbocycles. The molecule has 1 aliphatic carbocycles. The quantitative estimate of drug-likeness (QED) is 0.865. The molecule has 0 aromatic heterocycles. The fourth-order valence-electron chi connectivity index (χ4n) is 3.46. The van der Waals surface area contributed by atoms with E-state index in [1.54, 1.807) is 6.07 Å². The molecular formula is C17H25ClN2O2. The maximum absolute atomic E-state index is 12.9. The third-order valence-corrected chi connectivity index (χ3v) is 4.58. The number of amides is 1. The van der Waals surface area contributed by atoms with Crippen LogP contribution in [0, 0.1) is 0 Å². The van der Waals surface area contributed by atoms with Crippen molar-refractivity contribution in [1.82, 2.24) is 4.90 Å². The molecule has 1 amide bonds. The molecular weight excluding hydrogens is 300 g/mol. The van der Waals surface area contributed by atoms with E-state index in [-0.39, 0.29) is 24.4 Å². The molecule has 1 heterocycles. The maximum atomic E-state index is 12.9. The molecule has 1 atom stereocenters. The van der Waals surface area contributed by atoms with Crippen molar-refractivity contribution in [2.24, 2.45) is 0 Å². The molecule has 3 rings (SSSR count). The first-order valence-electron chi connectivity index (χ1n) is 8.02. The van der Waals surface area contributed by atoms with Crippen LogP contribution in [0.2, 0.25) is 0 Å². The molecule has 1 aromatic rings. The van der Waals surface area contributed by atoms with Gasteiger partial charge in [-0.05, 0) is 43.9 Å². The molecule has 2 fully saturated rings. The van der Waals surface area contributed by atoms with E-state index in [4.69, 9.17) is 10.5 Å². The van der Waals surface area contributed by atoms with Crippen molar-refractivity contribution in [3.63, 3.8) is 0 Å². The summed E-state index contributed by atoms with van der Waals surface area (Å²) in [5.74, 6) is 0.102. The van der Waals surface area contributed by atoms with E-state index in [0.717, 1.165) is 38.8 Å². The number of ether oxygens (including phenoxy) is 1. The van der Waals surface area contributed by atoms with Crippen LogP contribution in [-0.2, 0) is 4.74 Å². The van der Waals surface area contributed by atoms with Crippen molar-refractivity contribution in [3.05, 3.63) is 29.8 Å². The highest BCUT2D eigenvalue weighted by atomic mass is 35.5. The lowest BCUT2D eigenvalue weighted by atomic mass is 10.1. The van der Waals surface area contributed by atoms with Crippen LogP contribution in [0.5, 0.6) is 0 Å². The van der Waals surface area contributed by atoms with Crippen molar-refractivity contribution >= 4 is 24.0 Å². The minimum absolute atomic E-state index is 0. The van der Waals surface area contributed by atoms with Crippen LogP contribution in [-0.4, -0.2) is 36.1 Å². The SMILES string of the molecule is Cl.Nc1cccc(C(=O)N(CC2CCCO2)C2CCCC2)c1. The zero-order valence-corrected chi connectivity index (χ0v) is 13.7. The summed E-state index contributed by atoms with van der Waals surface area (Å²) >= 11 is 0. The first kappa shape index (κ1) is 17.1. The van der Waals surface area contributed by atoms with Crippen molar-refractivity contribution in [1.29, 1.82) is 0 Å². The average Bonchev–Trinajstić information content (AvgIpc) is 3.17. The monoisotopic (exact) mass is 324 g/mol. The van der Waals surface area contributed by atoms with E-state index >= 15 is 0 Å². The van der Waals surface area contributed by atoms with Crippen LogP contribution in [0.25, 0.3) is 0 Å². The van der Waals surface area contributed by atoms with Gasteiger partial charge < -0.3 is 15.4 Å². The largest absolute Gasteiger partial charge is 0.399 e. The molecule has 2 N–H and O–H groups in total. The minimum atomic E-state index is 0. The van der Waals surface area contributed by atoms with Crippen molar-refractivity contribution < 1.29 is 9.53 Å². The second kappa shape index (κ2) is 7.84. The molecule has 0 spiro atoms. The third kappa shape index (κ3) is 3.93. The van der Waals surface area contributed by atoms with E-state index in [0.29, 0.717) is 17.3 Å².